The maximum atomic E-state index is 12.3. The Labute approximate surface area is 167 Å². The smallest absolute Gasteiger partial charge is 0.230 e. The predicted octanol–water partition coefficient (Wildman–Crippen LogP) is 4.62. The van der Waals surface area contributed by atoms with Gasteiger partial charge >= 0.3 is 0 Å². The van der Waals surface area contributed by atoms with Crippen LogP contribution in [0.3, 0.4) is 0 Å². The number of carbonyl (C=O) groups excluding carboxylic acids is 1. The van der Waals surface area contributed by atoms with E-state index in [0.717, 1.165) is 21.3 Å². The fraction of sp³-hybridized carbons (Fsp3) is 0.263. The summed E-state index contributed by atoms with van der Waals surface area (Å²) in [5, 5.41) is 3.40. The summed E-state index contributed by atoms with van der Waals surface area (Å²) in [5.74, 6) is -0.220. The Morgan fingerprint density at radius 1 is 1.19 bits per heavy atom. The monoisotopic (exact) mass is 422 g/mol. The third kappa shape index (κ3) is 4.15. The first-order valence-corrected chi connectivity index (χ1v) is 11.1. The maximum absolute atomic E-state index is 12.3. The van der Waals surface area contributed by atoms with Crippen LogP contribution in [0.25, 0.3) is 10.2 Å². The van der Waals surface area contributed by atoms with Gasteiger partial charge in [-0.2, -0.15) is 0 Å². The number of hydrogen-bond donors (Lipinski definition) is 1. The van der Waals surface area contributed by atoms with Crippen molar-refractivity contribution in [2.75, 3.05) is 5.32 Å². The second kappa shape index (κ2) is 7.58. The van der Waals surface area contributed by atoms with Crippen LogP contribution in [0.2, 0.25) is 5.02 Å². The van der Waals surface area contributed by atoms with Crippen molar-refractivity contribution in [1.29, 1.82) is 0 Å². The molecule has 3 rings (SSSR count). The molecule has 0 radical (unpaired) electrons. The van der Waals surface area contributed by atoms with Crippen LogP contribution in [0.5, 0.6) is 0 Å². The summed E-state index contributed by atoms with van der Waals surface area (Å²) in [6, 6.07) is 10.1. The molecule has 8 heteroatoms. The van der Waals surface area contributed by atoms with E-state index in [0.29, 0.717) is 10.2 Å². The van der Waals surface area contributed by atoms with Crippen LogP contribution in [-0.2, 0) is 21.1 Å². The van der Waals surface area contributed by atoms with Crippen molar-refractivity contribution in [3.8, 4) is 0 Å². The molecule has 0 spiro atoms. The van der Waals surface area contributed by atoms with Crippen molar-refractivity contribution in [2.45, 2.75) is 37.3 Å². The number of nitrogens with zero attached hydrogens (tertiary/aromatic N) is 1. The van der Waals surface area contributed by atoms with E-state index in [1.54, 1.807) is 38.1 Å². The first kappa shape index (κ1) is 19.8. The largest absolute Gasteiger partial charge is 0.302 e. The number of amides is 1. The van der Waals surface area contributed by atoms with E-state index in [-0.39, 0.29) is 17.2 Å². The molecule has 0 aliphatic rings. The molecular formula is C19H19ClN2O3S2. The lowest BCUT2D eigenvalue weighted by atomic mass is 10.1. The third-order valence-corrected chi connectivity index (χ3v) is 7.78. The van der Waals surface area contributed by atoms with Crippen LogP contribution in [-0.4, -0.2) is 24.6 Å². The lowest BCUT2D eigenvalue weighted by Gasteiger charge is -2.08. The van der Waals surface area contributed by atoms with Gasteiger partial charge in [0.05, 0.1) is 31.8 Å². The fourth-order valence-electron chi connectivity index (χ4n) is 2.57. The third-order valence-electron chi connectivity index (χ3n) is 4.18. The van der Waals surface area contributed by atoms with Crippen molar-refractivity contribution < 1.29 is 13.2 Å². The van der Waals surface area contributed by atoms with Crippen LogP contribution >= 0.6 is 22.9 Å². The highest BCUT2D eigenvalue weighted by Crippen LogP contribution is 2.33. The SMILES string of the molecule is Cc1ccc(Cl)c2sc(NC(=O)Cc3ccc(S(=O)(=O)C(C)C)cc3)nc12. The molecule has 0 saturated carbocycles. The molecule has 5 nitrogen and oxygen atoms in total. The molecule has 1 amide bonds. The Balaban J connectivity index is 1.73. The van der Waals surface area contributed by atoms with Gasteiger partial charge in [0.15, 0.2) is 15.0 Å². The number of aromatic nitrogens is 1. The lowest BCUT2D eigenvalue weighted by Crippen LogP contribution is -2.15. The highest BCUT2D eigenvalue weighted by molar-refractivity contribution is 7.92. The second-order valence-electron chi connectivity index (χ2n) is 6.52. The number of anilines is 1. The van der Waals surface area contributed by atoms with Crippen molar-refractivity contribution in [1.82, 2.24) is 4.98 Å². The van der Waals surface area contributed by atoms with E-state index in [9.17, 15) is 13.2 Å². The number of aryl methyl sites for hydroxylation is 1. The number of carbonyl (C=O) groups is 1. The summed E-state index contributed by atoms with van der Waals surface area (Å²) in [6.07, 6.45) is 0.130. The number of benzene rings is 2. The molecule has 0 aliphatic heterocycles. The molecule has 3 aromatic rings. The molecule has 0 aliphatic carbocycles. The molecule has 1 heterocycles. The minimum absolute atomic E-state index is 0.130. The highest BCUT2D eigenvalue weighted by atomic mass is 35.5. The van der Waals surface area contributed by atoms with Gasteiger partial charge in [0.1, 0.15) is 0 Å². The maximum Gasteiger partial charge on any atom is 0.230 e. The summed E-state index contributed by atoms with van der Waals surface area (Å²) in [4.78, 5) is 17.0. The zero-order chi connectivity index (χ0) is 19.8. The molecule has 0 saturated heterocycles. The van der Waals surface area contributed by atoms with Gasteiger partial charge in [0.2, 0.25) is 5.91 Å². The Morgan fingerprint density at radius 3 is 2.44 bits per heavy atom. The Bertz CT molecular complexity index is 1060. The van der Waals surface area contributed by atoms with E-state index < -0.39 is 15.1 Å². The zero-order valence-corrected chi connectivity index (χ0v) is 17.5. The van der Waals surface area contributed by atoms with Crippen molar-refractivity contribution in [3.05, 3.63) is 52.5 Å². The summed E-state index contributed by atoms with van der Waals surface area (Å²) in [7, 11) is -3.32. The molecule has 0 fully saturated rings. The van der Waals surface area contributed by atoms with Gasteiger partial charge in [0, 0.05) is 0 Å². The molecule has 2 aromatic carbocycles. The summed E-state index contributed by atoms with van der Waals surface area (Å²) in [5.41, 5.74) is 2.50. The van der Waals surface area contributed by atoms with E-state index in [2.05, 4.69) is 10.3 Å². The van der Waals surface area contributed by atoms with Gasteiger partial charge in [0.25, 0.3) is 0 Å². The topological polar surface area (TPSA) is 76.1 Å². The first-order valence-electron chi connectivity index (χ1n) is 8.37. The van der Waals surface area contributed by atoms with Gasteiger partial charge in [-0.15, -0.1) is 0 Å². The normalized spacial score (nSPS) is 11.9. The Hall–Kier alpha value is -1.96. The quantitative estimate of drug-likeness (QED) is 0.650. The van der Waals surface area contributed by atoms with Crippen LogP contribution in [0, 0.1) is 6.92 Å². The predicted molar refractivity (Wildman–Crippen MR) is 110 cm³/mol. The molecular weight excluding hydrogens is 404 g/mol. The van der Waals surface area contributed by atoms with Gasteiger partial charge in [-0.25, -0.2) is 13.4 Å². The number of nitrogens with one attached hydrogen (secondary N) is 1. The van der Waals surface area contributed by atoms with E-state index in [1.165, 1.54) is 11.3 Å². The minimum Gasteiger partial charge on any atom is -0.302 e. The van der Waals surface area contributed by atoms with Crippen LogP contribution in [0.1, 0.15) is 25.0 Å². The average molecular weight is 423 g/mol. The standard InChI is InChI=1S/C19H19ClN2O3S2/c1-11(2)27(24,25)14-7-5-13(6-8-14)10-16(23)21-19-22-17-12(3)4-9-15(20)18(17)26-19/h4-9,11H,10H2,1-3H3,(H,21,22,23). The summed E-state index contributed by atoms with van der Waals surface area (Å²) >= 11 is 7.52. The number of hydrogen-bond acceptors (Lipinski definition) is 5. The highest BCUT2D eigenvalue weighted by Gasteiger charge is 2.19. The Morgan fingerprint density at radius 2 is 1.85 bits per heavy atom. The van der Waals surface area contributed by atoms with Gasteiger partial charge in [-0.3, -0.25) is 4.79 Å². The van der Waals surface area contributed by atoms with E-state index >= 15 is 0 Å². The van der Waals surface area contributed by atoms with E-state index in [1.807, 2.05) is 19.1 Å². The molecule has 1 aromatic heterocycles. The molecule has 142 valence electrons. The zero-order valence-electron chi connectivity index (χ0n) is 15.1. The molecule has 0 bridgehead atoms. The van der Waals surface area contributed by atoms with Crippen LogP contribution in [0.15, 0.2) is 41.3 Å². The molecule has 0 atom stereocenters. The lowest BCUT2D eigenvalue weighted by molar-refractivity contribution is -0.115. The summed E-state index contributed by atoms with van der Waals surface area (Å²) < 4.78 is 25.1. The second-order valence-corrected chi connectivity index (χ2v) is 10.4. The van der Waals surface area contributed by atoms with Crippen LogP contribution < -0.4 is 5.32 Å². The van der Waals surface area contributed by atoms with Gasteiger partial charge in [-0.05, 0) is 50.1 Å². The van der Waals surface area contributed by atoms with Crippen molar-refractivity contribution in [3.63, 3.8) is 0 Å². The Kier molecular flexibility index (Phi) is 5.55. The molecule has 27 heavy (non-hydrogen) atoms. The van der Waals surface area contributed by atoms with Gasteiger partial charge < -0.3 is 5.32 Å². The number of sulfone groups is 1. The summed E-state index contributed by atoms with van der Waals surface area (Å²) in [6.45, 7) is 5.22. The number of fused-ring (bicyclic) bond motifs is 1. The molecule has 0 unspecified atom stereocenters. The average Bonchev–Trinajstić information content (AvgIpc) is 3.03. The minimum atomic E-state index is -3.32. The van der Waals surface area contributed by atoms with Crippen molar-refractivity contribution in [2.24, 2.45) is 0 Å². The van der Waals surface area contributed by atoms with Crippen LogP contribution in [0.4, 0.5) is 5.13 Å². The number of thiazole rings is 1. The fourth-order valence-corrected chi connectivity index (χ4v) is 4.87. The molecule has 1 N–H and O–H groups in total. The van der Waals surface area contributed by atoms with Gasteiger partial charge in [-0.1, -0.05) is 41.1 Å². The first-order chi connectivity index (χ1) is 12.7. The number of rotatable bonds is 5. The van der Waals surface area contributed by atoms with Crippen molar-refractivity contribution >= 4 is 54.0 Å². The van der Waals surface area contributed by atoms with E-state index in [4.69, 9.17) is 11.6 Å². The number of halogens is 1.